The highest BCUT2D eigenvalue weighted by atomic mass is 16.2. The van der Waals surface area contributed by atoms with Gasteiger partial charge in [-0.15, -0.1) is 0 Å². The Kier molecular flexibility index (Phi) is 1.69. The molecule has 2 atom stereocenters. The van der Waals surface area contributed by atoms with Gasteiger partial charge in [-0.1, -0.05) is 0 Å². The van der Waals surface area contributed by atoms with E-state index in [1.165, 1.54) is 25.7 Å². The molecule has 10 heavy (non-hydrogen) atoms. The first kappa shape index (κ1) is 6.66. The fraction of sp³-hybridized carbons (Fsp3) is 1.00. The molecule has 0 heterocycles. The zero-order valence-electron chi connectivity index (χ0n) is 6.42. The molecule has 2 saturated carbocycles. The van der Waals surface area contributed by atoms with Crippen LogP contribution in [-0.2, 0) is 0 Å². The van der Waals surface area contributed by atoms with Crippen molar-refractivity contribution in [3.05, 3.63) is 0 Å². The molecule has 0 aliphatic heterocycles. The molecule has 2 aliphatic carbocycles. The maximum absolute atomic E-state index is 8.58. The second-order valence-corrected chi connectivity index (χ2v) is 3.86. The average Bonchev–Trinajstić information content (AvgIpc) is 2.77. The summed E-state index contributed by atoms with van der Waals surface area (Å²) in [6.07, 6.45) is 6.80. The van der Waals surface area contributed by atoms with Gasteiger partial charge in [-0.25, -0.2) is 0 Å². The fourth-order valence-corrected chi connectivity index (χ4v) is 2.06. The summed E-state index contributed by atoms with van der Waals surface area (Å²) >= 11 is 0. The molecule has 0 aromatic carbocycles. The smallest absolute Gasteiger partial charge is 0.0431 e. The molecule has 0 spiro atoms. The standard InChI is InChI=1S/C9H16O/c10-5-1-2-8-6-9(8)7-3-4-7/h7-10H,1-6H2/t8-,9+/m1/s1. The zero-order chi connectivity index (χ0) is 6.97. The van der Waals surface area contributed by atoms with E-state index >= 15 is 0 Å². The van der Waals surface area contributed by atoms with Crippen LogP contribution in [0.3, 0.4) is 0 Å². The lowest BCUT2D eigenvalue weighted by molar-refractivity contribution is 0.279. The summed E-state index contributed by atoms with van der Waals surface area (Å²) in [5, 5.41) is 8.58. The summed E-state index contributed by atoms with van der Waals surface area (Å²) in [7, 11) is 0. The molecule has 0 aromatic heterocycles. The first-order valence-electron chi connectivity index (χ1n) is 4.52. The van der Waals surface area contributed by atoms with Gasteiger partial charge in [0.25, 0.3) is 0 Å². The minimum absolute atomic E-state index is 0.397. The van der Waals surface area contributed by atoms with Gasteiger partial charge in [0.15, 0.2) is 0 Å². The second-order valence-electron chi connectivity index (χ2n) is 3.86. The van der Waals surface area contributed by atoms with E-state index in [2.05, 4.69) is 0 Å². The minimum atomic E-state index is 0.397. The molecule has 0 aromatic rings. The molecule has 2 rings (SSSR count). The summed E-state index contributed by atoms with van der Waals surface area (Å²) in [4.78, 5) is 0. The third kappa shape index (κ3) is 1.34. The Bertz CT molecular complexity index is 118. The Hall–Kier alpha value is -0.0400. The lowest BCUT2D eigenvalue weighted by atomic mass is 10.1. The molecule has 1 heteroatoms. The Morgan fingerprint density at radius 2 is 2.10 bits per heavy atom. The number of hydrogen-bond donors (Lipinski definition) is 1. The van der Waals surface area contributed by atoms with Crippen molar-refractivity contribution in [2.45, 2.75) is 32.1 Å². The van der Waals surface area contributed by atoms with Gasteiger partial charge in [0.2, 0.25) is 0 Å². The fourth-order valence-electron chi connectivity index (χ4n) is 2.06. The summed E-state index contributed by atoms with van der Waals surface area (Å²) < 4.78 is 0. The molecular formula is C9H16O. The maximum Gasteiger partial charge on any atom is 0.0431 e. The molecule has 2 fully saturated rings. The van der Waals surface area contributed by atoms with Crippen LogP contribution in [0.4, 0.5) is 0 Å². The highest BCUT2D eigenvalue weighted by Gasteiger charge is 2.46. The predicted octanol–water partition coefficient (Wildman–Crippen LogP) is 1.80. The third-order valence-electron chi connectivity index (χ3n) is 2.94. The van der Waals surface area contributed by atoms with Crippen LogP contribution >= 0.6 is 0 Å². The van der Waals surface area contributed by atoms with Crippen LogP contribution < -0.4 is 0 Å². The molecule has 58 valence electrons. The summed E-state index contributed by atoms with van der Waals surface area (Å²) in [6, 6.07) is 0. The van der Waals surface area contributed by atoms with Crippen molar-refractivity contribution < 1.29 is 5.11 Å². The molecule has 1 nitrogen and oxygen atoms in total. The minimum Gasteiger partial charge on any atom is -0.396 e. The molecule has 0 bridgehead atoms. The molecule has 1 N–H and O–H groups in total. The highest BCUT2D eigenvalue weighted by Crippen LogP contribution is 2.55. The van der Waals surface area contributed by atoms with Gasteiger partial charge in [-0.3, -0.25) is 0 Å². The largest absolute Gasteiger partial charge is 0.396 e. The number of aliphatic hydroxyl groups is 1. The average molecular weight is 140 g/mol. The highest BCUT2D eigenvalue weighted by molar-refractivity contribution is 4.96. The van der Waals surface area contributed by atoms with E-state index < -0.39 is 0 Å². The topological polar surface area (TPSA) is 20.2 Å². The van der Waals surface area contributed by atoms with Crippen molar-refractivity contribution in [3.8, 4) is 0 Å². The van der Waals surface area contributed by atoms with Gasteiger partial charge in [-0.05, 0) is 49.9 Å². The van der Waals surface area contributed by atoms with Crippen molar-refractivity contribution in [1.29, 1.82) is 0 Å². The summed E-state index contributed by atoms with van der Waals surface area (Å²) in [5.74, 6) is 3.22. The lowest BCUT2D eigenvalue weighted by Gasteiger charge is -1.94. The zero-order valence-corrected chi connectivity index (χ0v) is 6.42. The van der Waals surface area contributed by atoms with E-state index in [9.17, 15) is 0 Å². The van der Waals surface area contributed by atoms with Crippen molar-refractivity contribution >= 4 is 0 Å². The van der Waals surface area contributed by atoms with Crippen LogP contribution in [-0.4, -0.2) is 11.7 Å². The number of aliphatic hydroxyl groups excluding tert-OH is 1. The Morgan fingerprint density at radius 1 is 1.30 bits per heavy atom. The van der Waals surface area contributed by atoms with E-state index in [1.54, 1.807) is 0 Å². The molecule has 0 amide bonds. The van der Waals surface area contributed by atoms with Gasteiger partial charge in [0.05, 0.1) is 0 Å². The Labute approximate surface area is 62.4 Å². The van der Waals surface area contributed by atoms with Crippen molar-refractivity contribution in [2.24, 2.45) is 17.8 Å². The predicted molar refractivity (Wildman–Crippen MR) is 40.6 cm³/mol. The molecular weight excluding hydrogens is 124 g/mol. The first-order valence-corrected chi connectivity index (χ1v) is 4.52. The van der Waals surface area contributed by atoms with Gasteiger partial charge >= 0.3 is 0 Å². The van der Waals surface area contributed by atoms with Gasteiger partial charge in [0, 0.05) is 6.61 Å². The lowest BCUT2D eigenvalue weighted by Crippen LogP contribution is -1.88. The van der Waals surface area contributed by atoms with Crippen LogP contribution in [0, 0.1) is 17.8 Å². The van der Waals surface area contributed by atoms with Crippen LogP contribution in [0.1, 0.15) is 32.1 Å². The van der Waals surface area contributed by atoms with E-state index in [1.807, 2.05) is 0 Å². The van der Waals surface area contributed by atoms with Crippen molar-refractivity contribution in [3.63, 3.8) is 0 Å². The van der Waals surface area contributed by atoms with Crippen molar-refractivity contribution in [2.75, 3.05) is 6.61 Å². The molecule has 0 saturated heterocycles. The summed E-state index contributed by atoms with van der Waals surface area (Å²) in [6.45, 7) is 0.397. The van der Waals surface area contributed by atoms with Gasteiger partial charge in [-0.2, -0.15) is 0 Å². The SMILES string of the molecule is OCCC[C@@H]1C[C@H]1C1CC1. The molecule has 0 radical (unpaired) electrons. The van der Waals surface area contributed by atoms with Gasteiger partial charge in [0.1, 0.15) is 0 Å². The van der Waals surface area contributed by atoms with E-state index in [4.69, 9.17) is 5.11 Å². The van der Waals surface area contributed by atoms with Crippen LogP contribution in [0.15, 0.2) is 0 Å². The second kappa shape index (κ2) is 2.54. The van der Waals surface area contributed by atoms with Gasteiger partial charge < -0.3 is 5.11 Å². The normalized spacial score (nSPS) is 38.1. The van der Waals surface area contributed by atoms with E-state index in [0.717, 1.165) is 24.2 Å². The monoisotopic (exact) mass is 140 g/mol. The van der Waals surface area contributed by atoms with E-state index in [-0.39, 0.29) is 0 Å². The quantitative estimate of drug-likeness (QED) is 0.631. The molecule has 2 aliphatic rings. The van der Waals surface area contributed by atoms with Crippen LogP contribution in [0.25, 0.3) is 0 Å². The third-order valence-corrected chi connectivity index (χ3v) is 2.94. The molecule has 0 unspecified atom stereocenters. The maximum atomic E-state index is 8.58. The number of hydrogen-bond acceptors (Lipinski definition) is 1. The van der Waals surface area contributed by atoms with Crippen molar-refractivity contribution in [1.82, 2.24) is 0 Å². The Balaban J connectivity index is 1.60. The van der Waals surface area contributed by atoms with Crippen LogP contribution in [0.5, 0.6) is 0 Å². The Morgan fingerprint density at radius 3 is 2.70 bits per heavy atom. The number of rotatable bonds is 4. The van der Waals surface area contributed by atoms with E-state index in [0.29, 0.717) is 6.61 Å². The summed E-state index contributed by atoms with van der Waals surface area (Å²) in [5.41, 5.74) is 0. The van der Waals surface area contributed by atoms with Crippen LogP contribution in [0.2, 0.25) is 0 Å². The first-order chi connectivity index (χ1) is 4.92.